The van der Waals surface area contributed by atoms with Crippen LogP contribution in [-0.2, 0) is 4.43 Å². The normalized spacial score (nSPS) is 14.5. The predicted molar refractivity (Wildman–Crippen MR) is 109 cm³/mol. The van der Waals surface area contributed by atoms with Crippen molar-refractivity contribution in [3.8, 4) is 0 Å². The van der Waals surface area contributed by atoms with E-state index < -0.39 is 8.32 Å². The maximum Gasteiger partial charge on any atom is 0.270 e. The number of carbonyl (C=O) groups is 1. The van der Waals surface area contributed by atoms with E-state index in [1.807, 2.05) is 31.2 Å². The zero-order valence-corrected chi connectivity index (χ0v) is 17.6. The second-order valence-corrected chi connectivity index (χ2v) is 12.9. The van der Waals surface area contributed by atoms with Crippen molar-refractivity contribution in [2.45, 2.75) is 58.0 Å². The van der Waals surface area contributed by atoms with Gasteiger partial charge in [-0.25, -0.2) is 0 Å². The first-order valence-electron chi connectivity index (χ1n) is 9.06. The van der Waals surface area contributed by atoms with Gasteiger partial charge in [-0.2, -0.15) is 0 Å². The van der Waals surface area contributed by atoms with Crippen molar-refractivity contribution in [2.75, 3.05) is 0 Å². The van der Waals surface area contributed by atoms with Gasteiger partial charge >= 0.3 is 0 Å². The molecule has 5 heteroatoms. The number of pyridine rings is 1. The Balaban J connectivity index is 2.25. The third-order valence-corrected chi connectivity index (χ3v) is 9.52. The Morgan fingerprint density at radius 3 is 2.23 bits per heavy atom. The molecule has 1 heterocycles. The Labute approximate surface area is 158 Å². The molecule has 26 heavy (non-hydrogen) atoms. The molecule has 140 valence electrons. The van der Waals surface area contributed by atoms with Crippen LogP contribution in [0.15, 0.2) is 54.7 Å². The van der Waals surface area contributed by atoms with Gasteiger partial charge in [0.15, 0.2) is 8.32 Å². The van der Waals surface area contributed by atoms with Gasteiger partial charge in [0.1, 0.15) is 5.69 Å². The molecule has 0 saturated carbocycles. The number of benzene rings is 1. The number of rotatable bonds is 6. The van der Waals surface area contributed by atoms with E-state index in [0.717, 1.165) is 5.56 Å². The van der Waals surface area contributed by atoms with Crippen LogP contribution in [0, 0.1) is 0 Å². The van der Waals surface area contributed by atoms with E-state index in [0.29, 0.717) is 5.69 Å². The van der Waals surface area contributed by atoms with Gasteiger partial charge in [-0.1, -0.05) is 57.2 Å². The lowest BCUT2D eigenvalue weighted by atomic mass is 10.0. The molecule has 0 radical (unpaired) electrons. The largest absolute Gasteiger partial charge is 0.408 e. The van der Waals surface area contributed by atoms with E-state index in [-0.39, 0.29) is 23.1 Å². The Morgan fingerprint density at radius 1 is 1.08 bits per heavy atom. The summed E-state index contributed by atoms with van der Waals surface area (Å²) in [6.45, 7) is 13.1. The third kappa shape index (κ3) is 5.02. The molecule has 1 aromatic heterocycles. The molecule has 0 bridgehead atoms. The quantitative estimate of drug-likeness (QED) is 0.731. The molecule has 0 saturated heterocycles. The minimum absolute atomic E-state index is 0.0880. The number of amides is 1. The average Bonchev–Trinajstić information content (AvgIpc) is 2.60. The van der Waals surface area contributed by atoms with Crippen LogP contribution >= 0.6 is 0 Å². The summed E-state index contributed by atoms with van der Waals surface area (Å²) >= 11 is 0. The molecule has 0 spiro atoms. The van der Waals surface area contributed by atoms with Crippen LogP contribution in [0.1, 0.15) is 49.9 Å². The summed E-state index contributed by atoms with van der Waals surface area (Å²) in [5.74, 6) is -0.183. The van der Waals surface area contributed by atoms with Crippen molar-refractivity contribution in [2.24, 2.45) is 0 Å². The van der Waals surface area contributed by atoms with Crippen molar-refractivity contribution in [1.82, 2.24) is 10.3 Å². The first-order chi connectivity index (χ1) is 12.1. The van der Waals surface area contributed by atoms with Gasteiger partial charge in [0, 0.05) is 6.20 Å². The SMILES string of the molecule is C[C@@H](NC(=O)c1ccccn1)[C@@H](O[Si](C)(C)C(C)(C)C)c1ccccc1. The predicted octanol–water partition coefficient (Wildman–Crippen LogP) is 4.96. The first kappa shape index (κ1) is 20.3. The molecule has 4 nitrogen and oxygen atoms in total. The monoisotopic (exact) mass is 370 g/mol. The van der Waals surface area contributed by atoms with Gasteiger partial charge in [0.05, 0.1) is 12.1 Å². The average molecular weight is 371 g/mol. The summed E-state index contributed by atoms with van der Waals surface area (Å²) in [7, 11) is -2.01. The molecular weight excluding hydrogens is 340 g/mol. The molecule has 0 aliphatic heterocycles. The van der Waals surface area contributed by atoms with Crippen molar-refractivity contribution >= 4 is 14.2 Å². The zero-order chi connectivity index (χ0) is 19.4. The van der Waals surface area contributed by atoms with Gasteiger partial charge in [0.25, 0.3) is 5.91 Å². The summed E-state index contributed by atoms with van der Waals surface area (Å²) in [5.41, 5.74) is 1.49. The molecule has 0 fully saturated rings. The van der Waals surface area contributed by atoms with E-state index in [4.69, 9.17) is 4.43 Å². The molecule has 1 amide bonds. The van der Waals surface area contributed by atoms with Crippen LogP contribution in [0.3, 0.4) is 0 Å². The van der Waals surface area contributed by atoms with Crippen LogP contribution in [0.2, 0.25) is 18.1 Å². The van der Waals surface area contributed by atoms with Gasteiger partial charge < -0.3 is 9.74 Å². The maximum atomic E-state index is 12.5. The van der Waals surface area contributed by atoms with E-state index in [1.165, 1.54) is 0 Å². The van der Waals surface area contributed by atoms with Crippen LogP contribution in [0.4, 0.5) is 0 Å². The van der Waals surface area contributed by atoms with Crippen LogP contribution in [0.25, 0.3) is 0 Å². The fraction of sp³-hybridized carbons (Fsp3) is 0.429. The minimum Gasteiger partial charge on any atom is -0.408 e. The lowest BCUT2D eigenvalue weighted by Crippen LogP contribution is -2.47. The van der Waals surface area contributed by atoms with Crippen molar-refractivity contribution in [3.05, 3.63) is 66.0 Å². The molecule has 0 aliphatic carbocycles. The molecular formula is C21H30N2O2Si. The number of aromatic nitrogens is 1. The zero-order valence-electron chi connectivity index (χ0n) is 16.6. The third-order valence-electron chi connectivity index (χ3n) is 5.07. The number of hydrogen-bond donors (Lipinski definition) is 1. The standard InChI is InChI=1S/C21H30N2O2Si/c1-16(23-20(24)18-14-10-11-15-22-18)19(17-12-8-7-9-13-17)25-26(5,6)21(2,3)4/h7-16,19H,1-6H3,(H,23,24)/t16-,19-/m1/s1. The van der Waals surface area contributed by atoms with Crippen LogP contribution in [0.5, 0.6) is 0 Å². The van der Waals surface area contributed by atoms with Gasteiger partial charge in [-0.05, 0) is 42.8 Å². The summed E-state index contributed by atoms with van der Waals surface area (Å²) in [6, 6.07) is 15.3. The number of carbonyl (C=O) groups excluding carboxylic acids is 1. The smallest absolute Gasteiger partial charge is 0.270 e. The van der Waals surface area contributed by atoms with E-state index in [1.54, 1.807) is 18.3 Å². The second-order valence-electron chi connectivity index (χ2n) is 8.19. The molecule has 0 unspecified atom stereocenters. The molecule has 2 atom stereocenters. The topological polar surface area (TPSA) is 51.2 Å². The first-order valence-corrected chi connectivity index (χ1v) is 12.0. The van der Waals surface area contributed by atoms with Gasteiger partial charge in [-0.3, -0.25) is 9.78 Å². The molecule has 1 aromatic carbocycles. The van der Waals surface area contributed by atoms with E-state index in [9.17, 15) is 4.79 Å². The number of nitrogens with zero attached hydrogens (tertiary/aromatic N) is 1. The lowest BCUT2D eigenvalue weighted by Gasteiger charge is -2.41. The molecule has 2 rings (SSSR count). The van der Waals surface area contributed by atoms with Crippen LogP contribution in [-0.4, -0.2) is 25.3 Å². The second kappa shape index (κ2) is 8.14. The van der Waals surface area contributed by atoms with E-state index >= 15 is 0 Å². The maximum absolute atomic E-state index is 12.5. The fourth-order valence-electron chi connectivity index (χ4n) is 2.45. The molecule has 1 N–H and O–H groups in total. The lowest BCUT2D eigenvalue weighted by molar-refractivity contribution is 0.0861. The summed E-state index contributed by atoms with van der Waals surface area (Å²) in [5, 5.41) is 3.15. The summed E-state index contributed by atoms with van der Waals surface area (Å²) in [4.78, 5) is 16.7. The summed E-state index contributed by atoms with van der Waals surface area (Å²) in [6.07, 6.45) is 1.42. The van der Waals surface area contributed by atoms with Crippen molar-refractivity contribution in [3.63, 3.8) is 0 Å². The minimum atomic E-state index is -2.01. The Kier molecular flexibility index (Phi) is 6.37. The number of hydrogen-bond acceptors (Lipinski definition) is 3. The van der Waals surface area contributed by atoms with Gasteiger partial charge in [0.2, 0.25) is 0 Å². The van der Waals surface area contributed by atoms with Crippen molar-refractivity contribution in [1.29, 1.82) is 0 Å². The fourth-order valence-corrected chi connectivity index (χ4v) is 3.78. The van der Waals surface area contributed by atoms with Gasteiger partial charge in [-0.15, -0.1) is 0 Å². The Morgan fingerprint density at radius 2 is 1.69 bits per heavy atom. The highest BCUT2D eigenvalue weighted by Crippen LogP contribution is 2.40. The highest BCUT2D eigenvalue weighted by atomic mass is 28.4. The highest BCUT2D eigenvalue weighted by molar-refractivity contribution is 6.74. The molecule has 2 aromatic rings. The Bertz CT molecular complexity index is 712. The Hall–Kier alpha value is -1.98. The van der Waals surface area contributed by atoms with Crippen molar-refractivity contribution < 1.29 is 9.22 Å². The number of nitrogens with one attached hydrogen (secondary N) is 1. The summed E-state index contributed by atoms with van der Waals surface area (Å²) < 4.78 is 6.69. The highest BCUT2D eigenvalue weighted by Gasteiger charge is 2.40. The van der Waals surface area contributed by atoms with E-state index in [2.05, 4.69) is 56.3 Å². The van der Waals surface area contributed by atoms with Crippen LogP contribution < -0.4 is 5.32 Å². The molecule has 0 aliphatic rings.